The molecule has 7 nitrogen and oxygen atoms in total. The van der Waals surface area contributed by atoms with Gasteiger partial charge in [-0.15, -0.1) is 0 Å². The summed E-state index contributed by atoms with van der Waals surface area (Å²) >= 11 is 0. The maximum Gasteiger partial charge on any atom is 0.328 e. The summed E-state index contributed by atoms with van der Waals surface area (Å²) in [7, 11) is 3.92. The highest BCUT2D eigenvalue weighted by atomic mass is 16.5. The van der Waals surface area contributed by atoms with Crippen LogP contribution in [-0.4, -0.2) is 49.0 Å². The third-order valence-electron chi connectivity index (χ3n) is 4.52. The highest BCUT2D eigenvalue weighted by Gasteiger charge is 2.50. The molecule has 1 aromatic rings. The van der Waals surface area contributed by atoms with Gasteiger partial charge in [0.1, 0.15) is 5.75 Å². The number of hydrogen-bond acceptors (Lipinski definition) is 5. The van der Waals surface area contributed by atoms with Gasteiger partial charge in [0.05, 0.1) is 13.3 Å². The second-order valence-corrected chi connectivity index (χ2v) is 6.00. The average molecular weight is 334 g/mol. The van der Waals surface area contributed by atoms with Crippen LogP contribution >= 0.6 is 0 Å². The first-order chi connectivity index (χ1) is 11.3. The topological polar surface area (TPSA) is 99.1 Å². The number of fused-ring (bicyclic) bond motifs is 3. The third kappa shape index (κ3) is 3.21. The van der Waals surface area contributed by atoms with E-state index in [0.29, 0.717) is 18.3 Å². The molecule has 0 amide bonds. The minimum Gasteiger partial charge on any atom is -0.496 e. The molecule has 3 N–H and O–H groups in total. The van der Waals surface area contributed by atoms with Gasteiger partial charge in [0.25, 0.3) is 0 Å². The van der Waals surface area contributed by atoms with E-state index in [2.05, 4.69) is 42.4 Å². The number of likely N-dealkylation sites (N-methyl/N-ethyl adjacent to an activating group) is 1. The molecule has 2 heterocycles. The van der Waals surface area contributed by atoms with Crippen molar-refractivity contribution in [3.8, 4) is 5.75 Å². The van der Waals surface area contributed by atoms with Crippen molar-refractivity contribution in [3.05, 3.63) is 35.9 Å². The number of carboxylic acids is 2. The number of methoxy groups -OCH3 is 1. The zero-order chi connectivity index (χ0) is 17.9. The van der Waals surface area contributed by atoms with E-state index in [4.69, 9.17) is 14.9 Å². The molecule has 0 spiro atoms. The zero-order valence-corrected chi connectivity index (χ0v) is 13.9. The maximum absolute atomic E-state index is 9.55. The standard InChI is InChI=1S/C13H18N2O.C4H4O4/c1-13-7-8-14-12(13)15(2)9-5-4-6-10(16-3)11(9)13;5-3(6)1-2-4(7)8/h4-6,12,14H,7-8H2,1-3H3;1-2H,(H,5,6)(H,7,8)/b;2-1-. The summed E-state index contributed by atoms with van der Waals surface area (Å²) in [5.74, 6) is -1.49. The van der Waals surface area contributed by atoms with Gasteiger partial charge >= 0.3 is 11.9 Å². The van der Waals surface area contributed by atoms with Crippen LogP contribution in [0.5, 0.6) is 5.75 Å². The van der Waals surface area contributed by atoms with Crippen LogP contribution in [-0.2, 0) is 15.0 Å². The number of nitrogens with one attached hydrogen (secondary N) is 1. The first kappa shape index (κ1) is 17.8. The Labute approximate surface area is 140 Å². The molecule has 3 rings (SSSR count). The van der Waals surface area contributed by atoms with Crippen molar-refractivity contribution < 1.29 is 24.5 Å². The third-order valence-corrected chi connectivity index (χ3v) is 4.52. The largest absolute Gasteiger partial charge is 0.496 e. The molecule has 1 fully saturated rings. The number of aliphatic carboxylic acids is 2. The maximum atomic E-state index is 9.55. The van der Waals surface area contributed by atoms with Crippen molar-refractivity contribution in [1.82, 2.24) is 5.32 Å². The Morgan fingerprint density at radius 1 is 1.33 bits per heavy atom. The van der Waals surface area contributed by atoms with Crippen LogP contribution in [0.25, 0.3) is 0 Å². The second kappa shape index (κ2) is 6.92. The summed E-state index contributed by atoms with van der Waals surface area (Å²) in [5.41, 5.74) is 2.87. The number of carbonyl (C=O) groups is 2. The zero-order valence-electron chi connectivity index (χ0n) is 13.9. The van der Waals surface area contributed by atoms with Crippen LogP contribution in [0.15, 0.2) is 30.4 Å². The fourth-order valence-electron chi connectivity index (χ4n) is 3.50. The molecule has 0 saturated carbocycles. The van der Waals surface area contributed by atoms with Gasteiger partial charge in [0, 0.05) is 35.9 Å². The Morgan fingerprint density at radius 2 is 1.96 bits per heavy atom. The molecule has 2 unspecified atom stereocenters. The normalized spacial score (nSPS) is 24.1. The van der Waals surface area contributed by atoms with Gasteiger partial charge in [-0.05, 0) is 25.1 Å². The molecule has 7 heteroatoms. The summed E-state index contributed by atoms with van der Waals surface area (Å²) < 4.78 is 5.52. The van der Waals surface area contributed by atoms with E-state index in [0.717, 1.165) is 12.3 Å². The molecule has 0 aliphatic carbocycles. The van der Waals surface area contributed by atoms with E-state index >= 15 is 0 Å². The van der Waals surface area contributed by atoms with Crippen LogP contribution in [0, 0.1) is 0 Å². The van der Waals surface area contributed by atoms with Gasteiger partial charge in [0.2, 0.25) is 0 Å². The number of hydrogen-bond donors (Lipinski definition) is 3. The molecule has 0 bridgehead atoms. The van der Waals surface area contributed by atoms with E-state index < -0.39 is 11.9 Å². The molecular weight excluding hydrogens is 312 g/mol. The number of carboxylic acid groups (broad SMARTS) is 2. The van der Waals surface area contributed by atoms with Crippen molar-refractivity contribution in [2.24, 2.45) is 0 Å². The fourth-order valence-corrected chi connectivity index (χ4v) is 3.50. The Kier molecular flexibility index (Phi) is 5.14. The molecule has 2 aliphatic heterocycles. The van der Waals surface area contributed by atoms with Crippen LogP contribution in [0.2, 0.25) is 0 Å². The summed E-state index contributed by atoms with van der Waals surface area (Å²) in [6.45, 7) is 3.42. The number of nitrogens with zero attached hydrogens (tertiary/aromatic N) is 1. The molecule has 2 atom stereocenters. The fraction of sp³-hybridized carbons (Fsp3) is 0.412. The van der Waals surface area contributed by atoms with Crippen molar-refractivity contribution in [3.63, 3.8) is 0 Å². The molecule has 0 radical (unpaired) electrons. The molecule has 0 aromatic heterocycles. The van der Waals surface area contributed by atoms with Gasteiger partial charge < -0.3 is 19.8 Å². The molecule has 2 aliphatic rings. The van der Waals surface area contributed by atoms with Crippen LogP contribution in [0.4, 0.5) is 5.69 Å². The Hall–Kier alpha value is -2.54. The first-order valence-corrected chi connectivity index (χ1v) is 7.59. The molecular formula is C17H22N2O5. The van der Waals surface area contributed by atoms with Crippen molar-refractivity contribution in [2.45, 2.75) is 24.9 Å². The van der Waals surface area contributed by atoms with E-state index in [-0.39, 0.29) is 5.41 Å². The minimum absolute atomic E-state index is 0.191. The smallest absolute Gasteiger partial charge is 0.328 e. The Bertz CT molecular complexity index is 657. The summed E-state index contributed by atoms with van der Waals surface area (Å²) in [6, 6.07) is 6.32. The monoisotopic (exact) mass is 334 g/mol. The number of rotatable bonds is 3. The van der Waals surface area contributed by atoms with Gasteiger partial charge in [-0.3, -0.25) is 5.32 Å². The lowest BCUT2D eigenvalue weighted by Gasteiger charge is -2.28. The second-order valence-electron chi connectivity index (χ2n) is 6.00. The lowest BCUT2D eigenvalue weighted by atomic mass is 9.81. The van der Waals surface area contributed by atoms with Gasteiger partial charge in [-0.2, -0.15) is 0 Å². The predicted molar refractivity (Wildman–Crippen MR) is 89.6 cm³/mol. The lowest BCUT2D eigenvalue weighted by molar-refractivity contribution is -0.134. The van der Waals surface area contributed by atoms with Gasteiger partial charge in [-0.1, -0.05) is 13.0 Å². The first-order valence-electron chi connectivity index (χ1n) is 7.59. The van der Waals surface area contributed by atoms with Crippen molar-refractivity contribution in [1.29, 1.82) is 0 Å². The SMILES string of the molecule is COc1cccc2c1C1(C)CCNC1N2C.O=C(O)/C=C\C(=O)O. The van der Waals surface area contributed by atoms with Crippen molar-refractivity contribution in [2.75, 3.05) is 25.6 Å². The average Bonchev–Trinajstić information content (AvgIpc) is 3.02. The molecule has 1 saturated heterocycles. The molecule has 130 valence electrons. The van der Waals surface area contributed by atoms with E-state index in [1.54, 1.807) is 7.11 Å². The van der Waals surface area contributed by atoms with E-state index in [9.17, 15) is 9.59 Å². The van der Waals surface area contributed by atoms with Crippen molar-refractivity contribution >= 4 is 17.6 Å². The molecule has 24 heavy (non-hydrogen) atoms. The van der Waals surface area contributed by atoms with Gasteiger partial charge in [0.15, 0.2) is 0 Å². The molecule has 1 aromatic carbocycles. The lowest BCUT2D eigenvalue weighted by Crippen LogP contribution is -2.44. The van der Waals surface area contributed by atoms with E-state index in [1.807, 2.05) is 0 Å². The Morgan fingerprint density at radius 3 is 2.50 bits per heavy atom. The number of benzene rings is 1. The van der Waals surface area contributed by atoms with E-state index in [1.165, 1.54) is 17.7 Å². The summed E-state index contributed by atoms with van der Waals surface area (Å²) in [4.78, 5) is 21.4. The highest BCUT2D eigenvalue weighted by molar-refractivity contribution is 5.89. The quantitative estimate of drug-likeness (QED) is 0.719. The summed E-state index contributed by atoms with van der Waals surface area (Å²) in [6.07, 6.45) is 2.71. The van der Waals surface area contributed by atoms with Crippen LogP contribution in [0.3, 0.4) is 0 Å². The minimum atomic E-state index is -1.26. The predicted octanol–water partition coefficient (Wildman–Crippen LogP) is 1.43. The summed E-state index contributed by atoms with van der Waals surface area (Å²) in [5, 5.41) is 19.2. The van der Waals surface area contributed by atoms with Crippen LogP contribution in [0.1, 0.15) is 18.9 Å². The number of ether oxygens (including phenoxy) is 1. The highest BCUT2D eigenvalue weighted by Crippen LogP contribution is 2.51. The number of anilines is 1. The Balaban J connectivity index is 0.000000224. The van der Waals surface area contributed by atoms with Gasteiger partial charge in [-0.25, -0.2) is 9.59 Å². The van der Waals surface area contributed by atoms with Crippen LogP contribution < -0.4 is 15.0 Å².